The summed E-state index contributed by atoms with van der Waals surface area (Å²) in [5.41, 5.74) is 12.1. The Morgan fingerprint density at radius 3 is 2.42 bits per heavy atom. The first-order valence-corrected chi connectivity index (χ1v) is 5.58. The van der Waals surface area contributed by atoms with Crippen LogP contribution >= 0.6 is 0 Å². The summed E-state index contributed by atoms with van der Waals surface area (Å²) in [5.74, 6) is -1.40. The highest BCUT2D eigenvalue weighted by molar-refractivity contribution is 5.98. The van der Waals surface area contributed by atoms with Crippen LogP contribution in [0.2, 0.25) is 0 Å². The van der Waals surface area contributed by atoms with Gasteiger partial charge in [0.05, 0.1) is 6.54 Å². The van der Waals surface area contributed by atoms with Gasteiger partial charge in [0.15, 0.2) is 0 Å². The predicted molar refractivity (Wildman–Crippen MR) is 65.7 cm³/mol. The van der Waals surface area contributed by atoms with Crippen LogP contribution in [0.1, 0.15) is 15.9 Å². The zero-order valence-electron chi connectivity index (χ0n) is 10.1. The molecule has 0 spiro atoms. The molecule has 19 heavy (non-hydrogen) atoms. The number of hydrogen-bond donors (Lipinski definition) is 2. The summed E-state index contributed by atoms with van der Waals surface area (Å²) >= 11 is 0. The molecule has 7 heteroatoms. The maximum absolute atomic E-state index is 11.6. The number of primary amides is 1. The smallest absolute Gasteiger partial charge is 0.255 e. The van der Waals surface area contributed by atoms with E-state index in [4.69, 9.17) is 16.2 Å². The van der Waals surface area contributed by atoms with E-state index in [0.29, 0.717) is 11.3 Å². The lowest BCUT2D eigenvalue weighted by Gasteiger charge is -2.25. The lowest BCUT2D eigenvalue weighted by molar-refractivity contribution is -0.159. The van der Waals surface area contributed by atoms with E-state index in [0.717, 1.165) is 4.90 Å². The Kier molecular flexibility index (Phi) is 3.48. The second-order valence-corrected chi connectivity index (χ2v) is 4.14. The van der Waals surface area contributed by atoms with E-state index in [-0.39, 0.29) is 25.3 Å². The first kappa shape index (κ1) is 13.0. The highest BCUT2D eigenvalue weighted by atomic mass is 16.5. The van der Waals surface area contributed by atoms with Crippen LogP contribution in [0.3, 0.4) is 0 Å². The third-order valence-corrected chi connectivity index (χ3v) is 2.81. The van der Waals surface area contributed by atoms with Crippen molar-refractivity contribution < 1.29 is 19.1 Å². The third-order valence-electron chi connectivity index (χ3n) is 2.81. The van der Waals surface area contributed by atoms with Crippen molar-refractivity contribution >= 4 is 23.4 Å². The molecule has 7 nitrogen and oxygen atoms in total. The molecular formula is C12H13N3O4. The molecule has 4 N–H and O–H groups in total. The van der Waals surface area contributed by atoms with Crippen molar-refractivity contribution in [3.63, 3.8) is 0 Å². The monoisotopic (exact) mass is 263 g/mol. The van der Waals surface area contributed by atoms with E-state index in [1.165, 1.54) is 12.1 Å². The average molecular weight is 263 g/mol. The zero-order chi connectivity index (χ0) is 14.0. The van der Waals surface area contributed by atoms with Gasteiger partial charge in [-0.1, -0.05) is 6.07 Å². The van der Waals surface area contributed by atoms with Gasteiger partial charge in [-0.3, -0.25) is 19.3 Å². The zero-order valence-corrected chi connectivity index (χ0v) is 10.1. The van der Waals surface area contributed by atoms with E-state index in [1.54, 1.807) is 6.07 Å². The van der Waals surface area contributed by atoms with Gasteiger partial charge in [0.25, 0.3) is 11.8 Å². The molecule has 1 heterocycles. The van der Waals surface area contributed by atoms with Crippen molar-refractivity contribution in [1.82, 2.24) is 4.90 Å². The molecular weight excluding hydrogens is 250 g/mol. The molecule has 1 aliphatic heterocycles. The molecule has 1 fully saturated rings. The number of benzene rings is 1. The number of nitrogen functional groups attached to an aromatic ring is 1. The summed E-state index contributed by atoms with van der Waals surface area (Å²) in [7, 11) is 0. The number of amides is 3. The number of anilines is 1. The average Bonchev–Trinajstić information content (AvgIpc) is 2.35. The van der Waals surface area contributed by atoms with Crippen LogP contribution in [-0.4, -0.2) is 35.8 Å². The summed E-state index contributed by atoms with van der Waals surface area (Å²) in [6.45, 7) is -0.179. The van der Waals surface area contributed by atoms with Crippen molar-refractivity contribution in [2.24, 2.45) is 5.73 Å². The van der Waals surface area contributed by atoms with E-state index in [1.807, 2.05) is 0 Å². The van der Waals surface area contributed by atoms with Crippen LogP contribution in [0.15, 0.2) is 18.2 Å². The molecule has 1 aliphatic rings. The number of nitrogens with zero attached hydrogens (tertiary/aromatic N) is 1. The van der Waals surface area contributed by atoms with E-state index < -0.39 is 17.7 Å². The Morgan fingerprint density at radius 2 is 1.89 bits per heavy atom. The molecule has 1 aromatic rings. The first-order valence-electron chi connectivity index (χ1n) is 5.58. The molecule has 0 unspecified atom stereocenters. The lowest BCUT2D eigenvalue weighted by atomic mass is 10.1. The van der Waals surface area contributed by atoms with Crippen LogP contribution in [0.4, 0.5) is 5.69 Å². The number of carbonyl (C=O) groups is 3. The van der Waals surface area contributed by atoms with Crippen LogP contribution in [0.5, 0.6) is 0 Å². The van der Waals surface area contributed by atoms with Gasteiger partial charge in [0, 0.05) is 11.3 Å². The second kappa shape index (κ2) is 5.07. The van der Waals surface area contributed by atoms with Crippen molar-refractivity contribution in [3.8, 4) is 0 Å². The number of imide groups is 1. The number of nitrogens with two attached hydrogens (primary N) is 2. The van der Waals surface area contributed by atoms with Crippen LogP contribution < -0.4 is 11.5 Å². The van der Waals surface area contributed by atoms with Crippen LogP contribution in [0.25, 0.3) is 0 Å². The maximum Gasteiger partial charge on any atom is 0.255 e. The molecule has 0 aliphatic carbocycles. The largest absolute Gasteiger partial charge is 0.398 e. The predicted octanol–water partition coefficient (Wildman–Crippen LogP) is -0.747. The molecule has 0 atom stereocenters. The Hall–Kier alpha value is -2.41. The quantitative estimate of drug-likeness (QED) is 0.550. The SMILES string of the molecule is NC(=O)c1ccc(CN2C(=O)COCC2=O)c(N)c1. The number of morpholine rings is 1. The minimum Gasteiger partial charge on any atom is -0.398 e. The Balaban J connectivity index is 2.21. The van der Waals surface area contributed by atoms with Gasteiger partial charge >= 0.3 is 0 Å². The van der Waals surface area contributed by atoms with Crippen molar-refractivity contribution in [2.75, 3.05) is 18.9 Å². The topological polar surface area (TPSA) is 116 Å². The lowest BCUT2D eigenvalue weighted by Crippen LogP contribution is -2.45. The third kappa shape index (κ3) is 2.71. The highest BCUT2D eigenvalue weighted by Gasteiger charge is 2.27. The molecule has 100 valence electrons. The van der Waals surface area contributed by atoms with Crippen LogP contribution in [0, 0.1) is 0 Å². The minimum atomic E-state index is -0.586. The first-order chi connectivity index (χ1) is 8.99. The summed E-state index contributed by atoms with van der Waals surface area (Å²) in [5, 5.41) is 0. The normalized spacial score (nSPS) is 15.7. The van der Waals surface area contributed by atoms with Gasteiger partial charge in [-0.25, -0.2) is 0 Å². The van der Waals surface area contributed by atoms with E-state index in [9.17, 15) is 14.4 Å². The van der Waals surface area contributed by atoms with E-state index in [2.05, 4.69) is 0 Å². The maximum atomic E-state index is 11.6. The number of carbonyl (C=O) groups excluding carboxylic acids is 3. The van der Waals surface area contributed by atoms with Gasteiger partial charge in [-0.05, 0) is 17.7 Å². The summed E-state index contributed by atoms with van der Waals surface area (Å²) in [4.78, 5) is 35.2. The van der Waals surface area contributed by atoms with Gasteiger partial charge in [-0.15, -0.1) is 0 Å². The molecule has 0 radical (unpaired) electrons. The summed E-state index contributed by atoms with van der Waals surface area (Å²) in [6, 6.07) is 4.50. The second-order valence-electron chi connectivity index (χ2n) is 4.14. The Labute approximate surface area is 109 Å². The van der Waals surface area contributed by atoms with Crippen LogP contribution in [-0.2, 0) is 20.9 Å². The standard InChI is InChI=1S/C12H13N3O4/c13-9-3-7(12(14)18)1-2-8(9)4-15-10(16)5-19-6-11(15)17/h1-3H,4-6,13H2,(H2,14,18). The number of ether oxygens (including phenoxy) is 1. The fourth-order valence-electron chi connectivity index (χ4n) is 1.76. The molecule has 0 saturated carbocycles. The molecule has 3 amide bonds. The fourth-order valence-corrected chi connectivity index (χ4v) is 1.76. The molecule has 0 aromatic heterocycles. The molecule has 1 aromatic carbocycles. The number of hydrogen-bond acceptors (Lipinski definition) is 5. The summed E-state index contributed by atoms with van der Waals surface area (Å²) in [6.07, 6.45) is 0. The minimum absolute atomic E-state index is 0.0614. The van der Waals surface area contributed by atoms with E-state index >= 15 is 0 Å². The Morgan fingerprint density at radius 1 is 1.26 bits per heavy atom. The van der Waals surface area contributed by atoms with Gasteiger partial charge in [0.2, 0.25) is 5.91 Å². The highest BCUT2D eigenvalue weighted by Crippen LogP contribution is 2.17. The Bertz CT molecular complexity index is 540. The van der Waals surface area contributed by atoms with Crippen molar-refractivity contribution in [1.29, 1.82) is 0 Å². The van der Waals surface area contributed by atoms with Crippen molar-refractivity contribution in [3.05, 3.63) is 29.3 Å². The molecule has 1 saturated heterocycles. The van der Waals surface area contributed by atoms with Crippen molar-refractivity contribution in [2.45, 2.75) is 6.54 Å². The fraction of sp³-hybridized carbons (Fsp3) is 0.250. The number of rotatable bonds is 3. The molecule has 0 bridgehead atoms. The van der Waals surface area contributed by atoms with Gasteiger partial charge in [-0.2, -0.15) is 0 Å². The van der Waals surface area contributed by atoms with Gasteiger partial charge in [0.1, 0.15) is 13.2 Å². The molecule has 2 rings (SSSR count). The van der Waals surface area contributed by atoms with Gasteiger partial charge < -0.3 is 16.2 Å². The summed E-state index contributed by atoms with van der Waals surface area (Å²) < 4.78 is 4.81.